The van der Waals surface area contributed by atoms with Gasteiger partial charge < -0.3 is 4.74 Å². The molecule has 0 bridgehead atoms. The van der Waals surface area contributed by atoms with E-state index in [0.29, 0.717) is 12.4 Å². The molecule has 0 aliphatic carbocycles. The molecular weight excluding hydrogens is 199 g/mol. The van der Waals surface area contributed by atoms with E-state index >= 15 is 0 Å². The van der Waals surface area contributed by atoms with E-state index in [1.807, 2.05) is 0 Å². The second-order valence-electron chi connectivity index (χ2n) is 1.88. The molecule has 0 radical (unpaired) electrons. The van der Waals surface area contributed by atoms with Gasteiger partial charge in [0.15, 0.2) is 16.1 Å². The van der Waals surface area contributed by atoms with Crippen LogP contribution in [-0.2, 0) is 0 Å². The van der Waals surface area contributed by atoms with Gasteiger partial charge in [0.05, 0.1) is 0 Å². The van der Waals surface area contributed by atoms with Crippen LogP contribution in [0.2, 0.25) is 10.3 Å². The summed E-state index contributed by atoms with van der Waals surface area (Å²) in [4.78, 5) is 7.41. The molecule has 12 heavy (non-hydrogen) atoms. The van der Waals surface area contributed by atoms with Crippen LogP contribution in [0.5, 0.6) is 5.75 Å². The number of hydrogen-bond donors (Lipinski definition) is 0. The smallest absolute Gasteiger partial charge is 0.194 e. The predicted molar refractivity (Wildman–Crippen MR) is 47.7 cm³/mol. The normalized spacial score (nSPS) is 9.50. The molecule has 0 spiro atoms. The SMILES string of the molecule is C=CCOc1c(Cl)ncnc1Cl. The highest BCUT2D eigenvalue weighted by molar-refractivity contribution is 6.35. The van der Waals surface area contributed by atoms with Crippen molar-refractivity contribution in [2.75, 3.05) is 6.61 Å². The molecule has 64 valence electrons. The zero-order chi connectivity index (χ0) is 8.97. The van der Waals surface area contributed by atoms with E-state index in [4.69, 9.17) is 27.9 Å². The number of nitrogens with zero attached hydrogens (tertiary/aromatic N) is 2. The van der Waals surface area contributed by atoms with E-state index in [0.717, 1.165) is 0 Å². The molecule has 0 fully saturated rings. The molecule has 1 aromatic rings. The molecule has 0 saturated carbocycles. The third-order valence-electron chi connectivity index (χ3n) is 1.06. The summed E-state index contributed by atoms with van der Waals surface area (Å²) in [6, 6.07) is 0. The van der Waals surface area contributed by atoms with Crippen LogP contribution in [-0.4, -0.2) is 16.6 Å². The Labute approximate surface area is 80.0 Å². The van der Waals surface area contributed by atoms with Crippen molar-refractivity contribution >= 4 is 23.2 Å². The number of hydrogen-bond acceptors (Lipinski definition) is 3. The molecule has 0 aromatic carbocycles. The van der Waals surface area contributed by atoms with E-state index in [1.165, 1.54) is 6.33 Å². The van der Waals surface area contributed by atoms with Crippen LogP contribution in [0.15, 0.2) is 19.0 Å². The monoisotopic (exact) mass is 204 g/mol. The molecule has 1 heterocycles. The third-order valence-corrected chi connectivity index (χ3v) is 1.60. The van der Waals surface area contributed by atoms with Crippen molar-refractivity contribution in [1.82, 2.24) is 9.97 Å². The minimum Gasteiger partial charge on any atom is -0.483 e. The fraction of sp³-hybridized carbons (Fsp3) is 0.143. The summed E-state index contributed by atoms with van der Waals surface area (Å²) in [5.74, 6) is 0.292. The zero-order valence-electron chi connectivity index (χ0n) is 6.13. The highest BCUT2D eigenvalue weighted by Gasteiger charge is 2.07. The molecule has 3 nitrogen and oxygen atoms in total. The number of ether oxygens (including phenoxy) is 1. The largest absolute Gasteiger partial charge is 0.483 e. The minimum absolute atomic E-state index is 0.205. The fourth-order valence-corrected chi connectivity index (χ4v) is 1.02. The van der Waals surface area contributed by atoms with Gasteiger partial charge in [0.25, 0.3) is 0 Å². The van der Waals surface area contributed by atoms with Gasteiger partial charge in [-0.15, -0.1) is 0 Å². The van der Waals surface area contributed by atoms with Crippen LogP contribution < -0.4 is 4.74 Å². The van der Waals surface area contributed by atoms with E-state index in [1.54, 1.807) is 6.08 Å². The van der Waals surface area contributed by atoms with E-state index in [2.05, 4.69) is 16.5 Å². The third kappa shape index (κ3) is 2.09. The summed E-state index contributed by atoms with van der Waals surface area (Å²) >= 11 is 11.3. The molecule has 0 aliphatic heterocycles. The summed E-state index contributed by atoms with van der Waals surface area (Å²) in [7, 11) is 0. The van der Waals surface area contributed by atoms with Crippen molar-refractivity contribution in [3.63, 3.8) is 0 Å². The predicted octanol–water partition coefficient (Wildman–Crippen LogP) is 2.35. The standard InChI is InChI=1S/C7H6Cl2N2O/c1-2-3-12-5-6(8)10-4-11-7(5)9/h2,4H,1,3H2. The quantitative estimate of drug-likeness (QED) is 0.561. The van der Waals surface area contributed by atoms with Crippen molar-refractivity contribution in [3.05, 3.63) is 29.3 Å². The van der Waals surface area contributed by atoms with Crippen molar-refractivity contribution in [2.45, 2.75) is 0 Å². The maximum Gasteiger partial charge on any atom is 0.194 e. The zero-order valence-corrected chi connectivity index (χ0v) is 7.64. The van der Waals surface area contributed by atoms with Crippen LogP contribution in [0.25, 0.3) is 0 Å². The average molecular weight is 205 g/mol. The number of halogens is 2. The number of aromatic nitrogens is 2. The Morgan fingerprint density at radius 2 is 2.00 bits per heavy atom. The molecule has 0 N–H and O–H groups in total. The molecule has 0 aliphatic rings. The number of rotatable bonds is 3. The summed E-state index contributed by atoms with van der Waals surface area (Å²) in [6.45, 7) is 3.81. The topological polar surface area (TPSA) is 35.0 Å². The lowest BCUT2D eigenvalue weighted by atomic mass is 10.6. The van der Waals surface area contributed by atoms with Crippen LogP contribution >= 0.6 is 23.2 Å². The summed E-state index contributed by atoms with van der Waals surface area (Å²) in [5.41, 5.74) is 0. The van der Waals surface area contributed by atoms with E-state index in [-0.39, 0.29) is 10.3 Å². The Morgan fingerprint density at radius 1 is 1.42 bits per heavy atom. The first-order chi connectivity index (χ1) is 5.75. The first-order valence-corrected chi connectivity index (χ1v) is 3.91. The van der Waals surface area contributed by atoms with Crippen LogP contribution in [0.1, 0.15) is 0 Å². The van der Waals surface area contributed by atoms with E-state index in [9.17, 15) is 0 Å². The van der Waals surface area contributed by atoms with Gasteiger partial charge in [-0.2, -0.15) is 0 Å². The summed E-state index contributed by atoms with van der Waals surface area (Å²) in [5, 5.41) is 0.411. The Bertz CT molecular complexity index is 270. The molecule has 1 rings (SSSR count). The van der Waals surface area contributed by atoms with Crippen molar-refractivity contribution in [1.29, 1.82) is 0 Å². The molecule has 0 amide bonds. The van der Waals surface area contributed by atoms with Gasteiger partial charge in [0.2, 0.25) is 0 Å². The molecule has 0 atom stereocenters. The lowest BCUT2D eigenvalue weighted by Crippen LogP contribution is -1.96. The molecule has 0 unspecified atom stereocenters. The lowest BCUT2D eigenvalue weighted by Gasteiger charge is -2.04. The van der Waals surface area contributed by atoms with Crippen LogP contribution in [0.3, 0.4) is 0 Å². The highest BCUT2D eigenvalue weighted by Crippen LogP contribution is 2.28. The second kappa shape index (κ2) is 4.28. The van der Waals surface area contributed by atoms with Crippen molar-refractivity contribution in [2.24, 2.45) is 0 Å². The molecule has 1 aromatic heterocycles. The van der Waals surface area contributed by atoms with Crippen molar-refractivity contribution < 1.29 is 4.74 Å². The first kappa shape index (κ1) is 9.29. The van der Waals surface area contributed by atoms with Crippen LogP contribution in [0, 0.1) is 0 Å². The Kier molecular flexibility index (Phi) is 3.31. The first-order valence-electron chi connectivity index (χ1n) is 3.15. The second-order valence-corrected chi connectivity index (χ2v) is 2.60. The Morgan fingerprint density at radius 3 is 2.50 bits per heavy atom. The van der Waals surface area contributed by atoms with Gasteiger partial charge in [-0.1, -0.05) is 35.9 Å². The van der Waals surface area contributed by atoms with Crippen molar-refractivity contribution in [3.8, 4) is 5.75 Å². The fourth-order valence-electron chi connectivity index (χ4n) is 0.594. The lowest BCUT2D eigenvalue weighted by molar-refractivity contribution is 0.360. The van der Waals surface area contributed by atoms with Gasteiger partial charge in [-0.05, 0) is 0 Å². The maximum atomic E-state index is 5.67. The Hall–Kier alpha value is -0.800. The van der Waals surface area contributed by atoms with Gasteiger partial charge in [0, 0.05) is 0 Å². The van der Waals surface area contributed by atoms with Gasteiger partial charge in [0.1, 0.15) is 12.9 Å². The molecule has 0 saturated heterocycles. The van der Waals surface area contributed by atoms with Gasteiger partial charge in [-0.25, -0.2) is 9.97 Å². The minimum atomic E-state index is 0.205. The maximum absolute atomic E-state index is 5.67. The summed E-state index contributed by atoms with van der Waals surface area (Å²) < 4.78 is 5.11. The van der Waals surface area contributed by atoms with Gasteiger partial charge >= 0.3 is 0 Å². The molecular formula is C7H6Cl2N2O. The Balaban J connectivity index is 2.88. The van der Waals surface area contributed by atoms with Crippen LogP contribution in [0.4, 0.5) is 0 Å². The summed E-state index contributed by atoms with van der Waals surface area (Å²) in [6.07, 6.45) is 2.85. The highest BCUT2D eigenvalue weighted by atomic mass is 35.5. The molecule has 5 heteroatoms. The van der Waals surface area contributed by atoms with E-state index < -0.39 is 0 Å². The average Bonchev–Trinajstić information content (AvgIpc) is 2.04. The van der Waals surface area contributed by atoms with Gasteiger partial charge in [-0.3, -0.25) is 0 Å².